The van der Waals surface area contributed by atoms with Crippen LogP contribution in [0.3, 0.4) is 0 Å². The zero-order valence-electron chi connectivity index (χ0n) is 10.8. The Morgan fingerprint density at radius 1 is 1.25 bits per heavy atom. The lowest BCUT2D eigenvalue weighted by Crippen LogP contribution is -2.46. The van der Waals surface area contributed by atoms with E-state index in [1.165, 1.54) is 18.4 Å². The number of aliphatic hydroxyl groups is 1. The number of aliphatic hydroxyl groups excluding tert-OH is 1. The topological polar surface area (TPSA) is 20.2 Å². The van der Waals surface area contributed by atoms with Gasteiger partial charge < -0.3 is 5.11 Å². The minimum absolute atomic E-state index is 0.0969. The van der Waals surface area contributed by atoms with Crippen LogP contribution < -0.4 is 0 Å². The van der Waals surface area contributed by atoms with E-state index in [4.69, 9.17) is 0 Å². The van der Waals surface area contributed by atoms with Gasteiger partial charge in [0.05, 0.1) is 6.10 Å². The Morgan fingerprint density at radius 3 is 2.62 bits per heavy atom. The minimum Gasteiger partial charge on any atom is -0.393 e. The summed E-state index contributed by atoms with van der Waals surface area (Å²) in [5, 5.41) is 10.3. The highest BCUT2D eigenvalue weighted by Gasteiger charge is 2.68. The van der Waals surface area contributed by atoms with Crippen LogP contribution in [-0.2, 0) is 0 Å². The summed E-state index contributed by atoms with van der Waals surface area (Å²) in [6, 6.07) is 0. The fraction of sp³-hybridized carbons (Fsp3) is 0.867. The van der Waals surface area contributed by atoms with E-state index in [1.807, 2.05) is 0 Å². The van der Waals surface area contributed by atoms with Crippen molar-refractivity contribution in [3.05, 3.63) is 12.2 Å². The highest BCUT2D eigenvalue weighted by atomic mass is 16.3. The standard InChI is InChI=1S/C15H24O/c1-9-5-6-11(16)15(4)8-7-10-13(12(9)15)14(10,2)3/h10-13,16H,1,5-8H2,2-4H3/t10-,11-,12+,13-,15-/m0/s1. The third-order valence-electron chi connectivity index (χ3n) is 6.14. The van der Waals surface area contributed by atoms with E-state index in [0.29, 0.717) is 11.3 Å². The van der Waals surface area contributed by atoms with Crippen LogP contribution in [0.5, 0.6) is 0 Å². The summed E-state index contributed by atoms with van der Waals surface area (Å²) in [6.45, 7) is 11.4. The second-order valence-corrected chi connectivity index (χ2v) is 7.19. The molecule has 0 radical (unpaired) electrons. The van der Waals surface area contributed by atoms with Crippen molar-refractivity contribution >= 4 is 0 Å². The molecule has 1 N–H and O–H groups in total. The summed E-state index contributed by atoms with van der Waals surface area (Å²) in [5.41, 5.74) is 2.06. The van der Waals surface area contributed by atoms with Crippen LogP contribution in [0.25, 0.3) is 0 Å². The van der Waals surface area contributed by atoms with Crippen molar-refractivity contribution < 1.29 is 5.11 Å². The number of hydrogen-bond donors (Lipinski definition) is 1. The maximum atomic E-state index is 10.3. The van der Waals surface area contributed by atoms with E-state index >= 15 is 0 Å². The Labute approximate surface area is 98.9 Å². The van der Waals surface area contributed by atoms with E-state index in [1.54, 1.807) is 0 Å². The van der Waals surface area contributed by atoms with E-state index in [0.717, 1.165) is 24.7 Å². The van der Waals surface area contributed by atoms with Gasteiger partial charge in [0.1, 0.15) is 0 Å². The zero-order chi connectivity index (χ0) is 11.7. The molecule has 1 heteroatoms. The molecule has 0 aromatic carbocycles. The monoisotopic (exact) mass is 220 g/mol. The smallest absolute Gasteiger partial charge is 0.0602 e. The average Bonchev–Trinajstić information content (AvgIpc) is 2.76. The van der Waals surface area contributed by atoms with Crippen molar-refractivity contribution in [1.82, 2.24) is 0 Å². The highest BCUT2D eigenvalue weighted by molar-refractivity contribution is 5.25. The van der Waals surface area contributed by atoms with E-state index in [9.17, 15) is 5.11 Å². The van der Waals surface area contributed by atoms with Crippen LogP contribution in [0.15, 0.2) is 12.2 Å². The fourth-order valence-corrected chi connectivity index (χ4v) is 4.93. The van der Waals surface area contributed by atoms with Gasteiger partial charge in [-0.05, 0) is 48.9 Å². The molecule has 0 heterocycles. The SMILES string of the molecule is C=C1CC[C@H](O)[C@]2(C)CC[C@H]3[C@@H]([C@@H]12)C3(C)C. The molecule has 3 rings (SSSR count). The van der Waals surface area contributed by atoms with Crippen molar-refractivity contribution in [2.45, 2.75) is 52.6 Å². The third-order valence-corrected chi connectivity index (χ3v) is 6.14. The number of hydrogen-bond acceptors (Lipinski definition) is 1. The first-order valence-corrected chi connectivity index (χ1v) is 6.75. The molecule has 0 aromatic rings. The van der Waals surface area contributed by atoms with Gasteiger partial charge >= 0.3 is 0 Å². The molecule has 90 valence electrons. The first-order valence-electron chi connectivity index (χ1n) is 6.75. The lowest BCUT2D eigenvalue weighted by Gasteiger charge is -2.49. The summed E-state index contributed by atoms with van der Waals surface area (Å²) >= 11 is 0. The van der Waals surface area contributed by atoms with Crippen LogP contribution in [0.2, 0.25) is 0 Å². The average molecular weight is 220 g/mol. The second kappa shape index (κ2) is 2.93. The van der Waals surface area contributed by atoms with Gasteiger partial charge in [-0.25, -0.2) is 0 Å². The molecular weight excluding hydrogens is 196 g/mol. The third kappa shape index (κ3) is 1.11. The van der Waals surface area contributed by atoms with Crippen LogP contribution in [-0.4, -0.2) is 11.2 Å². The second-order valence-electron chi connectivity index (χ2n) is 7.19. The molecule has 0 unspecified atom stereocenters. The van der Waals surface area contributed by atoms with Gasteiger partial charge in [-0.1, -0.05) is 32.9 Å². The fourth-order valence-electron chi connectivity index (χ4n) is 4.93. The summed E-state index contributed by atoms with van der Waals surface area (Å²) in [5.74, 6) is 2.28. The van der Waals surface area contributed by atoms with Crippen molar-refractivity contribution in [2.24, 2.45) is 28.6 Å². The lowest BCUT2D eigenvalue weighted by atomic mass is 9.57. The van der Waals surface area contributed by atoms with E-state index in [2.05, 4.69) is 27.4 Å². The van der Waals surface area contributed by atoms with Crippen LogP contribution in [0, 0.1) is 28.6 Å². The van der Waals surface area contributed by atoms with Crippen LogP contribution >= 0.6 is 0 Å². The summed E-state index contributed by atoms with van der Waals surface area (Å²) in [4.78, 5) is 0. The van der Waals surface area contributed by atoms with Gasteiger partial charge in [0.25, 0.3) is 0 Å². The van der Waals surface area contributed by atoms with Gasteiger partial charge in [-0.3, -0.25) is 0 Å². The van der Waals surface area contributed by atoms with Crippen molar-refractivity contribution in [1.29, 1.82) is 0 Å². The number of allylic oxidation sites excluding steroid dienone is 1. The largest absolute Gasteiger partial charge is 0.393 e. The molecular formula is C15H24O. The quantitative estimate of drug-likeness (QED) is 0.620. The minimum atomic E-state index is -0.0969. The Kier molecular flexibility index (Phi) is 1.98. The van der Waals surface area contributed by atoms with Gasteiger partial charge in [0.2, 0.25) is 0 Å². The summed E-state index contributed by atoms with van der Waals surface area (Å²) in [7, 11) is 0. The number of fused-ring (bicyclic) bond motifs is 3. The van der Waals surface area contributed by atoms with Gasteiger partial charge in [0, 0.05) is 5.41 Å². The zero-order valence-corrected chi connectivity index (χ0v) is 10.8. The Balaban J connectivity index is 1.98. The van der Waals surface area contributed by atoms with Gasteiger partial charge in [-0.2, -0.15) is 0 Å². The molecule has 1 nitrogen and oxygen atoms in total. The molecule has 5 atom stereocenters. The lowest BCUT2D eigenvalue weighted by molar-refractivity contribution is -0.0482. The first kappa shape index (κ1) is 10.8. The Morgan fingerprint density at radius 2 is 1.94 bits per heavy atom. The molecule has 0 aromatic heterocycles. The van der Waals surface area contributed by atoms with Crippen molar-refractivity contribution in [3.8, 4) is 0 Å². The molecule has 16 heavy (non-hydrogen) atoms. The van der Waals surface area contributed by atoms with Crippen LogP contribution in [0.1, 0.15) is 46.5 Å². The van der Waals surface area contributed by atoms with Gasteiger partial charge in [-0.15, -0.1) is 0 Å². The summed E-state index contributed by atoms with van der Waals surface area (Å²) in [6.07, 6.45) is 4.39. The van der Waals surface area contributed by atoms with Crippen LogP contribution in [0.4, 0.5) is 0 Å². The molecule has 3 aliphatic carbocycles. The maximum absolute atomic E-state index is 10.3. The first-order chi connectivity index (χ1) is 7.39. The van der Waals surface area contributed by atoms with Gasteiger partial charge in [0.15, 0.2) is 0 Å². The summed E-state index contributed by atoms with van der Waals surface area (Å²) < 4.78 is 0. The molecule has 0 bridgehead atoms. The molecule has 0 spiro atoms. The predicted octanol–water partition coefficient (Wildman–Crippen LogP) is 3.39. The molecule has 3 aliphatic rings. The van der Waals surface area contributed by atoms with E-state index in [-0.39, 0.29) is 11.5 Å². The highest BCUT2D eigenvalue weighted by Crippen LogP contribution is 2.73. The maximum Gasteiger partial charge on any atom is 0.0602 e. The molecule has 0 amide bonds. The molecule has 3 saturated carbocycles. The Hall–Kier alpha value is -0.300. The predicted molar refractivity (Wildman–Crippen MR) is 66.0 cm³/mol. The van der Waals surface area contributed by atoms with E-state index < -0.39 is 0 Å². The van der Waals surface area contributed by atoms with Crippen molar-refractivity contribution in [2.75, 3.05) is 0 Å². The molecule has 0 saturated heterocycles. The molecule has 0 aliphatic heterocycles. The van der Waals surface area contributed by atoms with Crippen molar-refractivity contribution in [3.63, 3.8) is 0 Å². The molecule has 3 fully saturated rings. The normalized spacial score (nSPS) is 54.1. The Bertz CT molecular complexity index is 343. The number of rotatable bonds is 0.